The van der Waals surface area contributed by atoms with E-state index in [1.54, 1.807) is 0 Å². The monoisotopic (exact) mass is 755 g/mol. The van der Waals surface area contributed by atoms with E-state index in [4.69, 9.17) is 15.0 Å². The predicted octanol–water partition coefficient (Wildman–Crippen LogP) is 13.1. The van der Waals surface area contributed by atoms with Gasteiger partial charge in [0.05, 0.1) is 22.1 Å². The minimum atomic E-state index is 0.651. The van der Waals surface area contributed by atoms with Crippen LogP contribution in [0.4, 0.5) is 0 Å². The molecule has 0 unspecified atom stereocenters. The topological polar surface area (TPSA) is 48.5 Å². The second-order valence-electron chi connectivity index (χ2n) is 15.7. The van der Waals surface area contributed by atoms with Gasteiger partial charge < -0.3 is 9.13 Å². The van der Waals surface area contributed by atoms with Crippen molar-refractivity contribution in [2.75, 3.05) is 0 Å². The Bertz CT molecular complexity index is 3360. The van der Waals surface area contributed by atoms with Crippen LogP contribution in [0.2, 0.25) is 0 Å². The maximum Gasteiger partial charge on any atom is 0.164 e. The van der Waals surface area contributed by atoms with E-state index in [9.17, 15) is 0 Å². The third kappa shape index (κ3) is 5.35. The number of benzene rings is 8. The second kappa shape index (κ2) is 13.2. The molecule has 3 aromatic heterocycles. The number of fused-ring (bicyclic) bond motifs is 4. The highest BCUT2D eigenvalue weighted by atomic mass is 15.0. The SMILES string of the molecule is Cc1cc(-c2nc(-c3ccccc3)nc(-c3ccccc3)n2)cc(-n2c3ccccc3c3cc4c5c(c32)CCc2cccc(c25)n4-c2ccc(-c3ccccc3)cc2)c1. The van der Waals surface area contributed by atoms with Crippen LogP contribution in [0.25, 0.3) is 100 Å². The van der Waals surface area contributed by atoms with E-state index in [0.717, 1.165) is 40.8 Å². The highest BCUT2D eigenvalue weighted by Gasteiger charge is 2.27. The summed E-state index contributed by atoms with van der Waals surface area (Å²) >= 11 is 0. The van der Waals surface area contributed by atoms with Crippen molar-refractivity contribution in [2.45, 2.75) is 19.8 Å². The van der Waals surface area contributed by atoms with Crippen molar-refractivity contribution in [3.05, 3.63) is 199 Å². The maximum absolute atomic E-state index is 5.12. The molecule has 5 nitrogen and oxygen atoms in total. The fraction of sp³-hybridized carbons (Fsp3) is 0.0556. The van der Waals surface area contributed by atoms with Gasteiger partial charge in [-0.3, -0.25) is 0 Å². The van der Waals surface area contributed by atoms with Gasteiger partial charge in [-0.25, -0.2) is 15.0 Å². The molecule has 12 rings (SSSR count). The molecule has 0 spiro atoms. The van der Waals surface area contributed by atoms with Crippen molar-refractivity contribution >= 4 is 43.6 Å². The van der Waals surface area contributed by atoms with Gasteiger partial charge in [0.2, 0.25) is 0 Å². The maximum atomic E-state index is 5.12. The summed E-state index contributed by atoms with van der Waals surface area (Å²) in [5, 5.41) is 5.23. The third-order valence-corrected chi connectivity index (χ3v) is 12.1. The molecule has 5 heteroatoms. The summed E-state index contributed by atoms with van der Waals surface area (Å²) < 4.78 is 4.99. The van der Waals surface area contributed by atoms with Gasteiger partial charge in [-0.15, -0.1) is 0 Å². The molecule has 0 aliphatic heterocycles. The zero-order chi connectivity index (χ0) is 39.0. The van der Waals surface area contributed by atoms with E-state index in [-0.39, 0.29) is 0 Å². The van der Waals surface area contributed by atoms with E-state index in [2.05, 4.69) is 162 Å². The van der Waals surface area contributed by atoms with Crippen LogP contribution in [-0.2, 0) is 12.8 Å². The number of para-hydroxylation sites is 1. The summed E-state index contributed by atoms with van der Waals surface area (Å²) in [6.45, 7) is 2.17. The lowest BCUT2D eigenvalue weighted by Gasteiger charge is -2.18. The molecule has 11 aromatic rings. The predicted molar refractivity (Wildman–Crippen MR) is 242 cm³/mol. The Labute approximate surface area is 341 Å². The molecule has 1 aliphatic carbocycles. The van der Waals surface area contributed by atoms with Crippen molar-refractivity contribution < 1.29 is 0 Å². The Morgan fingerprint density at radius 2 is 0.983 bits per heavy atom. The first-order valence-corrected chi connectivity index (χ1v) is 20.3. The summed E-state index contributed by atoms with van der Waals surface area (Å²) in [7, 11) is 0. The molecule has 1 aliphatic rings. The molecule has 0 atom stereocenters. The van der Waals surface area contributed by atoms with Crippen LogP contribution in [0.3, 0.4) is 0 Å². The van der Waals surface area contributed by atoms with E-state index < -0.39 is 0 Å². The minimum Gasteiger partial charge on any atom is -0.309 e. The van der Waals surface area contributed by atoms with Gasteiger partial charge in [0, 0.05) is 49.6 Å². The van der Waals surface area contributed by atoms with Crippen LogP contribution in [0.15, 0.2) is 182 Å². The van der Waals surface area contributed by atoms with Gasteiger partial charge in [-0.05, 0) is 96.1 Å². The molecule has 8 aromatic carbocycles. The Morgan fingerprint density at radius 3 is 1.68 bits per heavy atom. The van der Waals surface area contributed by atoms with Gasteiger partial charge in [-0.2, -0.15) is 0 Å². The van der Waals surface area contributed by atoms with Gasteiger partial charge in [0.15, 0.2) is 17.5 Å². The van der Waals surface area contributed by atoms with Crippen molar-refractivity contribution in [3.63, 3.8) is 0 Å². The minimum absolute atomic E-state index is 0.651. The molecule has 3 heterocycles. The molecule has 0 saturated carbocycles. The lowest BCUT2D eigenvalue weighted by molar-refractivity contribution is 0.968. The molecule has 0 amide bonds. The van der Waals surface area contributed by atoms with Crippen LogP contribution < -0.4 is 0 Å². The second-order valence-corrected chi connectivity index (χ2v) is 15.7. The molecule has 0 bridgehead atoms. The molecule has 278 valence electrons. The fourth-order valence-electron chi connectivity index (χ4n) is 9.49. The van der Waals surface area contributed by atoms with E-state index in [1.807, 2.05) is 36.4 Å². The van der Waals surface area contributed by atoms with Gasteiger partial charge >= 0.3 is 0 Å². The number of hydrogen-bond acceptors (Lipinski definition) is 3. The Morgan fingerprint density at radius 1 is 0.390 bits per heavy atom. The van der Waals surface area contributed by atoms with Crippen molar-refractivity contribution in [3.8, 4) is 56.7 Å². The molecule has 59 heavy (non-hydrogen) atoms. The van der Waals surface area contributed by atoms with E-state index >= 15 is 0 Å². The van der Waals surface area contributed by atoms with Gasteiger partial charge in [-0.1, -0.05) is 133 Å². The fourth-order valence-corrected chi connectivity index (χ4v) is 9.49. The Kier molecular flexibility index (Phi) is 7.51. The first kappa shape index (κ1) is 33.5. The first-order chi connectivity index (χ1) is 29.2. The summed E-state index contributed by atoms with van der Waals surface area (Å²) in [6, 6.07) is 65.0. The van der Waals surface area contributed by atoms with Crippen molar-refractivity contribution in [2.24, 2.45) is 0 Å². The molecule has 0 radical (unpaired) electrons. The molecule has 0 saturated heterocycles. The number of aromatic nitrogens is 5. The van der Waals surface area contributed by atoms with Crippen molar-refractivity contribution in [1.82, 2.24) is 24.1 Å². The van der Waals surface area contributed by atoms with Crippen LogP contribution in [-0.4, -0.2) is 24.1 Å². The van der Waals surface area contributed by atoms with E-state index in [1.165, 1.54) is 71.6 Å². The third-order valence-electron chi connectivity index (χ3n) is 12.1. The molecular weight excluding hydrogens is 719 g/mol. The molecule has 0 fully saturated rings. The number of aryl methyl sites for hydroxylation is 3. The summed E-state index contributed by atoms with van der Waals surface area (Å²) in [4.78, 5) is 15.2. The number of nitrogens with zero attached hydrogens (tertiary/aromatic N) is 5. The largest absolute Gasteiger partial charge is 0.309 e. The highest BCUT2D eigenvalue weighted by molar-refractivity contribution is 6.22. The standard InChI is InChI=1S/C54H37N5/c1-34-30-40(54-56-52(38-16-7-3-8-17-38)55-53(57-54)39-18-9-4-10-19-39)32-42(31-34)59-46-22-12-11-21-43(46)45-33-48-50-44(51(45)59)29-26-37-20-13-23-47(49(37)50)58(48)41-27-24-36(25-28-41)35-14-5-2-6-15-35/h2-25,27-28,30-33H,26,29H2,1H3. The van der Waals surface area contributed by atoms with Crippen molar-refractivity contribution in [1.29, 1.82) is 0 Å². The zero-order valence-electron chi connectivity index (χ0n) is 32.5. The molecular formula is C54H37N5. The van der Waals surface area contributed by atoms with Gasteiger partial charge in [0.1, 0.15) is 0 Å². The van der Waals surface area contributed by atoms with Gasteiger partial charge in [0.25, 0.3) is 0 Å². The average Bonchev–Trinajstić information content (AvgIpc) is 3.82. The Balaban J connectivity index is 1.10. The van der Waals surface area contributed by atoms with Crippen LogP contribution in [0.1, 0.15) is 16.7 Å². The molecule has 0 N–H and O–H groups in total. The number of rotatable bonds is 6. The summed E-state index contributed by atoms with van der Waals surface area (Å²) in [5.74, 6) is 1.96. The van der Waals surface area contributed by atoms with Crippen LogP contribution in [0, 0.1) is 6.92 Å². The quantitative estimate of drug-likeness (QED) is 0.170. The average molecular weight is 756 g/mol. The highest BCUT2D eigenvalue weighted by Crippen LogP contribution is 2.46. The lowest BCUT2D eigenvalue weighted by Crippen LogP contribution is -2.04. The summed E-state index contributed by atoms with van der Waals surface area (Å²) in [5.41, 5.74) is 16.5. The normalized spacial score (nSPS) is 12.4. The van der Waals surface area contributed by atoms with E-state index in [0.29, 0.717) is 17.5 Å². The van der Waals surface area contributed by atoms with Crippen LogP contribution in [0.5, 0.6) is 0 Å². The first-order valence-electron chi connectivity index (χ1n) is 20.3. The van der Waals surface area contributed by atoms with Crippen LogP contribution >= 0.6 is 0 Å². The zero-order valence-corrected chi connectivity index (χ0v) is 32.5. The Hall–Kier alpha value is -7.63. The lowest BCUT2D eigenvalue weighted by atomic mass is 9.89. The number of hydrogen-bond donors (Lipinski definition) is 0. The smallest absolute Gasteiger partial charge is 0.164 e. The summed E-state index contributed by atoms with van der Waals surface area (Å²) in [6.07, 6.45) is 1.95.